The molecule has 19 heavy (non-hydrogen) atoms. The maximum Gasteiger partial charge on any atom is 0.239 e. The fourth-order valence-corrected chi connectivity index (χ4v) is 2.71. The number of nitrogens with two attached hydrogens (primary N) is 1. The van der Waals surface area contributed by atoms with Gasteiger partial charge in [-0.25, -0.2) is 0 Å². The topological polar surface area (TPSA) is 60.2 Å². The van der Waals surface area contributed by atoms with Crippen LogP contribution in [0, 0.1) is 5.92 Å². The van der Waals surface area contributed by atoms with Crippen LogP contribution in [0.25, 0.3) is 0 Å². The number of anilines is 2. The number of hydrogen-bond donors (Lipinski definition) is 2. The van der Waals surface area contributed by atoms with Crippen molar-refractivity contribution in [3.05, 3.63) is 12.1 Å². The minimum Gasteiger partial charge on any atom is -0.476 e. The Bertz CT molecular complexity index is 389. The lowest BCUT2D eigenvalue weighted by Gasteiger charge is -2.11. The third-order valence-corrected chi connectivity index (χ3v) is 3.74. The first-order valence-corrected chi connectivity index (χ1v) is 7.42. The van der Waals surface area contributed by atoms with Crippen molar-refractivity contribution < 1.29 is 4.74 Å². The van der Waals surface area contributed by atoms with Crippen molar-refractivity contribution in [2.75, 3.05) is 24.2 Å². The summed E-state index contributed by atoms with van der Waals surface area (Å²) in [6.45, 7) is 3.49. The lowest BCUT2D eigenvalue weighted by molar-refractivity contribution is 0.329. The summed E-state index contributed by atoms with van der Waals surface area (Å²) < 4.78 is 5.39. The van der Waals surface area contributed by atoms with Gasteiger partial charge in [0.2, 0.25) is 5.88 Å². The van der Waals surface area contributed by atoms with Gasteiger partial charge in [-0.3, -0.25) is 0 Å². The van der Waals surface area contributed by atoms with Crippen molar-refractivity contribution in [2.24, 2.45) is 5.92 Å². The third-order valence-electron chi connectivity index (χ3n) is 3.74. The second-order valence-corrected chi connectivity index (χ2v) is 5.24. The number of pyridine rings is 1. The number of nitrogen functional groups attached to an aromatic ring is 1. The largest absolute Gasteiger partial charge is 0.476 e. The standard InChI is InChI=1S/C15H25N3O/c1-2-19-15-13(16)9-10-14(18-15)17-11-5-8-12-6-3-4-7-12/h9-10,12H,2-8,11,16H2,1H3,(H,17,18). The maximum absolute atomic E-state index is 5.80. The van der Waals surface area contributed by atoms with E-state index in [1.54, 1.807) is 0 Å². The van der Waals surface area contributed by atoms with Gasteiger partial charge in [0.25, 0.3) is 0 Å². The Morgan fingerprint density at radius 3 is 2.89 bits per heavy atom. The zero-order valence-corrected chi connectivity index (χ0v) is 11.8. The Morgan fingerprint density at radius 2 is 2.16 bits per heavy atom. The maximum atomic E-state index is 5.80. The molecule has 4 heteroatoms. The molecule has 0 amide bonds. The lowest BCUT2D eigenvalue weighted by Crippen LogP contribution is -2.07. The van der Waals surface area contributed by atoms with Crippen LogP contribution in [0.1, 0.15) is 45.4 Å². The number of nitrogens with one attached hydrogen (secondary N) is 1. The molecule has 0 radical (unpaired) electrons. The summed E-state index contributed by atoms with van der Waals surface area (Å²) >= 11 is 0. The number of hydrogen-bond acceptors (Lipinski definition) is 4. The van der Waals surface area contributed by atoms with E-state index >= 15 is 0 Å². The highest BCUT2D eigenvalue weighted by molar-refractivity contribution is 5.53. The van der Waals surface area contributed by atoms with E-state index in [0.717, 1.165) is 18.3 Å². The minimum absolute atomic E-state index is 0.531. The molecule has 1 aliphatic rings. The van der Waals surface area contributed by atoms with Crippen LogP contribution in [0.5, 0.6) is 5.88 Å². The van der Waals surface area contributed by atoms with Crippen LogP contribution in [-0.2, 0) is 0 Å². The second-order valence-electron chi connectivity index (χ2n) is 5.24. The molecule has 2 rings (SSSR count). The summed E-state index contributed by atoms with van der Waals surface area (Å²) in [5.74, 6) is 2.34. The molecule has 106 valence electrons. The monoisotopic (exact) mass is 263 g/mol. The Kier molecular flexibility index (Phi) is 5.31. The second kappa shape index (κ2) is 7.22. The molecule has 0 spiro atoms. The van der Waals surface area contributed by atoms with Crippen LogP contribution in [0.15, 0.2) is 12.1 Å². The van der Waals surface area contributed by atoms with Crippen molar-refractivity contribution >= 4 is 11.5 Å². The number of rotatable bonds is 7. The Labute approximate surface area is 115 Å². The summed E-state index contributed by atoms with van der Waals surface area (Å²) in [6.07, 6.45) is 8.24. The Balaban J connectivity index is 1.74. The fraction of sp³-hybridized carbons (Fsp3) is 0.667. The quantitative estimate of drug-likeness (QED) is 0.740. The third kappa shape index (κ3) is 4.30. The molecule has 0 aliphatic heterocycles. The van der Waals surface area contributed by atoms with Gasteiger partial charge < -0.3 is 15.8 Å². The molecular formula is C15H25N3O. The first-order chi connectivity index (χ1) is 9.29. The molecule has 0 unspecified atom stereocenters. The van der Waals surface area contributed by atoms with Gasteiger partial charge in [-0.2, -0.15) is 4.98 Å². The van der Waals surface area contributed by atoms with E-state index in [2.05, 4.69) is 10.3 Å². The molecule has 1 aromatic heterocycles. The highest BCUT2D eigenvalue weighted by Gasteiger charge is 2.13. The highest BCUT2D eigenvalue weighted by atomic mass is 16.5. The van der Waals surface area contributed by atoms with Gasteiger partial charge in [0.15, 0.2) is 0 Å². The van der Waals surface area contributed by atoms with Gasteiger partial charge in [-0.05, 0) is 37.8 Å². The molecule has 0 saturated heterocycles. The highest BCUT2D eigenvalue weighted by Crippen LogP contribution is 2.28. The molecular weight excluding hydrogens is 238 g/mol. The molecule has 0 atom stereocenters. The van der Waals surface area contributed by atoms with Crippen LogP contribution in [0.3, 0.4) is 0 Å². The normalized spacial score (nSPS) is 15.6. The predicted octanol–water partition coefficient (Wildman–Crippen LogP) is 3.44. The fourth-order valence-electron chi connectivity index (χ4n) is 2.71. The SMILES string of the molecule is CCOc1nc(NCCCC2CCCC2)ccc1N. The van der Waals surface area contributed by atoms with Crippen LogP contribution in [0.2, 0.25) is 0 Å². The van der Waals surface area contributed by atoms with E-state index in [9.17, 15) is 0 Å². The summed E-state index contributed by atoms with van der Waals surface area (Å²) in [4.78, 5) is 4.37. The predicted molar refractivity (Wildman–Crippen MR) is 79.5 cm³/mol. The van der Waals surface area contributed by atoms with Crippen LogP contribution in [-0.4, -0.2) is 18.1 Å². The Hall–Kier alpha value is -1.45. The molecule has 4 nitrogen and oxygen atoms in total. The molecule has 3 N–H and O–H groups in total. The number of ether oxygens (including phenoxy) is 1. The number of aromatic nitrogens is 1. The van der Waals surface area contributed by atoms with E-state index in [4.69, 9.17) is 10.5 Å². The van der Waals surface area contributed by atoms with Gasteiger partial charge in [0.05, 0.1) is 12.3 Å². The van der Waals surface area contributed by atoms with Gasteiger partial charge in [0.1, 0.15) is 5.82 Å². The van der Waals surface area contributed by atoms with E-state index in [-0.39, 0.29) is 0 Å². The molecule has 1 aliphatic carbocycles. The molecule has 0 aromatic carbocycles. The molecule has 1 fully saturated rings. The summed E-state index contributed by atoms with van der Waals surface area (Å²) in [5, 5.41) is 3.35. The zero-order valence-electron chi connectivity index (χ0n) is 11.8. The van der Waals surface area contributed by atoms with Gasteiger partial charge >= 0.3 is 0 Å². The summed E-state index contributed by atoms with van der Waals surface area (Å²) in [5.41, 5.74) is 6.39. The first kappa shape index (κ1) is 14.0. The van der Waals surface area contributed by atoms with Crippen molar-refractivity contribution in [1.82, 2.24) is 4.98 Å². The average molecular weight is 263 g/mol. The first-order valence-electron chi connectivity index (χ1n) is 7.42. The summed E-state index contributed by atoms with van der Waals surface area (Å²) in [7, 11) is 0. The van der Waals surface area contributed by atoms with E-state index in [1.807, 2.05) is 19.1 Å². The van der Waals surface area contributed by atoms with Gasteiger partial charge in [-0.1, -0.05) is 25.7 Å². The molecule has 1 heterocycles. The van der Waals surface area contributed by atoms with Crippen LogP contribution < -0.4 is 15.8 Å². The smallest absolute Gasteiger partial charge is 0.239 e. The Morgan fingerprint density at radius 1 is 1.37 bits per heavy atom. The zero-order chi connectivity index (χ0) is 13.5. The van der Waals surface area contributed by atoms with E-state index in [1.165, 1.54) is 38.5 Å². The molecule has 1 saturated carbocycles. The van der Waals surface area contributed by atoms with Crippen molar-refractivity contribution in [3.63, 3.8) is 0 Å². The van der Waals surface area contributed by atoms with Crippen LogP contribution >= 0.6 is 0 Å². The van der Waals surface area contributed by atoms with Crippen molar-refractivity contribution in [1.29, 1.82) is 0 Å². The lowest BCUT2D eigenvalue weighted by atomic mass is 10.0. The van der Waals surface area contributed by atoms with E-state index < -0.39 is 0 Å². The molecule has 1 aromatic rings. The number of nitrogens with zero attached hydrogens (tertiary/aromatic N) is 1. The van der Waals surface area contributed by atoms with Gasteiger partial charge in [0, 0.05) is 6.54 Å². The van der Waals surface area contributed by atoms with E-state index in [0.29, 0.717) is 18.2 Å². The van der Waals surface area contributed by atoms with Gasteiger partial charge in [-0.15, -0.1) is 0 Å². The molecule has 0 bridgehead atoms. The van der Waals surface area contributed by atoms with Crippen molar-refractivity contribution in [2.45, 2.75) is 45.4 Å². The minimum atomic E-state index is 0.531. The summed E-state index contributed by atoms with van der Waals surface area (Å²) in [6, 6.07) is 3.75. The van der Waals surface area contributed by atoms with Crippen molar-refractivity contribution in [3.8, 4) is 5.88 Å². The average Bonchev–Trinajstić information content (AvgIpc) is 2.92. The van der Waals surface area contributed by atoms with Crippen LogP contribution in [0.4, 0.5) is 11.5 Å².